The van der Waals surface area contributed by atoms with Crippen LogP contribution in [0.1, 0.15) is 44.6 Å². The molecule has 0 spiro atoms. The predicted molar refractivity (Wildman–Crippen MR) is 80.7 cm³/mol. The molecule has 4 nitrogen and oxygen atoms in total. The number of anilines is 1. The highest BCUT2D eigenvalue weighted by Crippen LogP contribution is 2.26. The number of aryl methyl sites for hydroxylation is 1. The minimum absolute atomic E-state index is 0.0560. The van der Waals surface area contributed by atoms with Crippen LogP contribution in [0.2, 0.25) is 0 Å². The molecular formula is C16H24N2O2. The lowest BCUT2D eigenvalue weighted by Gasteiger charge is -2.25. The fraction of sp³-hybridized carbons (Fsp3) is 0.562. The second-order valence-corrected chi connectivity index (χ2v) is 5.60. The molecule has 1 unspecified atom stereocenters. The molecule has 1 aromatic rings. The summed E-state index contributed by atoms with van der Waals surface area (Å²) in [5, 5.41) is 3.07. The van der Waals surface area contributed by atoms with Crippen LogP contribution in [0.25, 0.3) is 0 Å². The van der Waals surface area contributed by atoms with Gasteiger partial charge in [0.1, 0.15) is 5.75 Å². The molecule has 3 N–H and O–H groups in total. The Bertz CT molecular complexity index is 447. The van der Waals surface area contributed by atoms with Crippen LogP contribution in [-0.2, 0) is 4.79 Å². The number of para-hydroxylation sites is 1. The molecule has 1 amide bonds. The van der Waals surface area contributed by atoms with Crippen molar-refractivity contribution in [3.8, 4) is 5.75 Å². The molecule has 1 saturated carbocycles. The Kier molecular flexibility index (Phi) is 4.88. The fourth-order valence-corrected chi connectivity index (χ4v) is 2.63. The molecule has 110 valence electrons. The van der Waals surface area contributed by atoms with E-state index < -0.39 is 6.10 Å². The first kappa shape index (κ1) is 14.7. The van der Waals surface area contributed by atoms with Crippen molar-refractivity contribution < 1.29 is 9.53 Å². The van der Waals surface area contributed by atoms with Gasteiger partial charge in [-0.2, -0.15) is 0 Å². The van der Waals surface area contributed by atoms with Gasteiger partial charge in [-0.15, -0.1) is 0 Å². The summed E-state index contributed by atoms with van der Waals surface area (Å²) < 4.78 is 5.74. The standard InChI is InChI=1S/C16H24N2O2/c1-11-7-6-10-14(17)15(11)20-12(2)16(19)18-13-8-4-3-5-9-13/h6-7,10,12-13H,3-5,8-9,17H2,1-2H3,(H,18,19). The second kappa shape index (κ2) is 6.64. The Hall–Kier alpha value is -1.71. The van der Waals surface area contributed by atoms with Gasteiger partial charge in [0.15, 0.2) is 6.10 Å². The van der Waals surface area contributed by atoms with E-state index >= 15 is 0 Å². The van der Waals surface area contributed by atoms with Crippen LogP contribution in [0.4, 0.5) is 5.69 Å². The quantitative estimate of drug-likeness (QED) is 0.831. The number of nitrogens with one attached hydrogen (secondary N) is 1. The summed E-state index contributed by atoms with van der Waals surface area (Å²) in [5.74, 6) is 0.554. The van der Waals surface area contributed by atoms with E-state index in [9.17, 15) is 4.79 Å². The number of hydrogen-bond acceptors (Lipinski definition) is 3. The topological polar surface area (TPSA) is 64.3 Å². The van der Waals surface area contributed by atoms with Crippen molar-refractivity contribution in [3.05, 3.63) is 23.8 Å². The average molecular weight is 276 g/mol. The van der Waals surface area contributed by atoms with Gasteiger partial charge in [-0.05, 0) is 38.3 Å². The zero-order valence-corrected chi connectivity index (χ0v) is 12.3. The second-order valence-electron chi connectivity index (χ2n) is 5.60. The minimum Gasteiger partial charge on any atom is -0.478 e. The van der Waals surface area contributed by atoms with Gasteiger partial charge in [-0.3, -0.25) is 4.79 Å². The third kappa shape index (κ3) is 3.65. The SMILES string of the molecule is Cc1cccc(N)c1OC(C)C(=O)NC1CCCCC1. The lowest BCUT2D eigenvalue weighted by molar-refractivity contribution is -0.128. The van der Waals surface area contributed by atoms with Gasteiger partial charge in [-0.25, -0.2) is 0 Å². The number of nitrogen functional groups attached to an aromatic ring is 1. The largest absolute Gasteiger partial charge is 0.478 e. The van der Waals surface area contributed by atoms with Crippen LogP contribution in [0.5, 0.6) is 5.75 Å². The summed E-state index contributed by atoms with van der Waals surface area (Å²) in [6.07, 6.45) is 5.30. The first-order valence-electron chi connectivity index (χ1n) is 7.40. The molecule has 2 rings (SSSR count). The van der Waals surface area contributed by atoms with E-state index in [0.717, 1.165) is 18.4 Å². The predicted octanol–water partition coefficient (Wildman–Crippen LogP) is 2.79. The van der Waals surface area contributed by atoms with Crippen LogP contribution in [0.15, 0.2) is 18.2 Å². The molecule has 1 atom stereocenters. The van der Waals surface area contributed by atoms with Gasteiger partial charge >= 0.3 is 0 Å². The van der Waals surface area contributed by atoms with Crippen LogP contribution in [0, 0.1) is 6.92 Å². The summed E-state index contributed by atoms with van der Waals surface area (Å²) in [6.45, 7) is 3.70. The highest BCUT2D eigenvalue weighted by molar-refractivity contribution is 5.81. The smallest absolute Gasteiger partial charge is 0.260 e. The van der Waals surface area contributed by atoms with Gasteiger partial charge in [0, 0.05) is 6.04 Å². The van der Waals surface area contributed by atoms with Crippen molar-refractivity contribution in [1.29, 1.82) is 0 Å². The molecule has 0 bridgehead atoms. The van der Waals surface area contributed by atoms with Crippen molar-refractivity contribution in [2.75, 3.05) is 5.73 Å². The van der Waals surface area contributed by atoms with Crippen molar-refractivity contribution in [3.63, 3.8) is 0 Å². The Morgan fingerprint density at radius 3 is 2.70 bits per heavy atom. The molecule has 1 fully saturated rings. The zero-order valence-electron chi connectivity index (χ0n) is 12.3. The number of carbonyl (C=O) groups is 1. The summed E-state index contributed by atoms with van der Waals surface area (Å²) >= 11 is 0. The van der Waals surface area contributed by atoms with Crippen molar-refractivity contribution in [1.82, 2.24) is 5.32 Å². The first-order chi connectivity index (χ1) is 9.58. The van der Waals surface area contributed by atoms with Gasteiger partial charge in [0.25, 0.3) is 5.91 Å². The van der Waals surface area contributed by atoms with E-state index in [2.05, 4.69) is 5.32 Å². The third-order valence-corrected chi connectivity index (χ3v) is 3.86. The molecule has 1 aromatic carbocycles. The Morgan fingerprint density at radius 2 is 2.05 bits per heavy atom. The van der Waals surface area contributed by atoms with Crippen LogP contribution < -0.4 is 15.8 Å². The van der Waals surface area contributed by atoms with Crippen molar-refractivity contribution in [2.24, 2.45) is 0 Å². The monoisotopic (exact) mass is 276 g/mol. The fourth-order valence-electron chi connectivity index (χ4n) is 2.63. The van der Waals surface area contributed by atoms with E-state index in [4.69, 9.17) is 10.5 Å². The van der Waals surface area contributed by atoms with Crippen LogP contribution in [-0.4, -0.2) is 18.1 Å². The maximum Gasteiger partial charge on any atom is 0.260 e. The number of hydrogen-bond donors (Lipinski definition) is 2. The van der Waals surface area contributed by atoms with E-state index in [1.54, 1.807) is 13.0 Å². The highest BCUT2D eigenvalue weighted by Gasteiger charge is 2.21. The molecule has 20 heavy (non-hydrogen) atoms. The summed E-state index contributed by atoms with van der Waals surface area (Å²) in [7, 11) is 0. The number of nitrogens with two attached hydrogens (primary N) is 1. The molecule has 0 saturated heterocycles. The Labute approximate surface area is 120 Å². The molecular weight excluding hydrogens is 252 g/mol. The summed E-state index contributed by atoms with van der Waals surface area (Å²) in [5.41, 5.74) is 7.42. The first-order valence-corrected chi connectivity index (χ1v) is 7.40. The maximum absolute atomic E-state index is 12.2. The minimum atomic E-state index is -0.527. The van der Waals surface area contributed by atoms with E-state index in [0.29, 0.717) is 17.5 Å². The van der Waals surface area contributed by atoms with E-state index in [-0.39, 0.29) is 5.91 Å². The molecule has 4 heteroatoms. The lowest BCUT2D eigenvalue weighted by atomic mass is 9.95. The summed E-state index contributed by atoms with van der Waals surface area (Å²) in [6, 6.07) is 5.90. The number of amides is 1. The highest BCUT2D eigenvalue weighted by atomic mass is 16.5. The van der Waals surface area contributed by atoms with Gasteiger partial charge < -0.3 is 15.8 Å². The van der Waals surface area contributed by atoms with Crippen LogP contribution in [0.3, 0.4) is 0 Å². The van der Waals surface area contributed by atoms with Crippen LogP contribution >= 0.6 is 0 Å². The molecule has 0 radical (unpaired) electrons. The molecule has 1 aliphatic rings. The van der Waals surface area contributed by atoms with Crippen molar-refractivity contribution >= 4 is 11.6 Å². The normalized spacial score (nSPS) is 17.5. The number of ether oxygens (including phenoxy) is 1. The Balaban J connectivity index is 1.93. The molecule has 0 aromatic heterocycles. The molecule has 1 aliphatic carbocycles. The van der Waals surface area contributed by atoms with Crippen molar-refractivity contribution in [2.45, 2.75) is 58.1 Å². The van der Waals surface area contributed by atoms with E-state index in [1.807, 2.05) is 19.1 Å². The average Bonchev–Trinajstić information content (AvgIpc) is 2.44. The molecule has 0 aliphatic heterocycles. The summed E-state index contributed by atoms with van der Waals surface area (Å²) in [4.78, 5) is 12.2. The number of carbonyl (C=O) groups excluding carboxylic acids is 1. The Morgan fingerprint density at radius 1 is 1.35 bits per heavy atom. The van der Waals surface area contributed by atoms with Gasteiger partial charge in [0.2, 0.25) is 0 Å². The van der Waals surface area contributed by atoms with Gasteiger partial charge in [-0.1, -0.05) is 31.4 Å². The third-order valence-electron chi connectivity index (χ3n) is 3.86. The lowest BCUT2D eigenvalue weighted by Crippen LogP contribution is -2.43. The maximum atomic E-state index is 12.2. The molecule has 0 heterocycles. The number of rotatable bonds is 4. The zero-order chi connectivity index (χ0) is 14.5. The number of benzene rings is 1. The van der Waals surface area contributed by atoms with E-state index in [1.165, 1.54) is 19.3 Å². The van der Waals surface area contributed by atoms with Gasteiger partial charge in [0.05, 0.1) is 5.69 Å².